The first-order chi connectivity index (χ1) is 8.97. The molecule has 0 unspecified atom stereocenters. The number of hydrogen-bond acceptors (Lipinski definition) is 1. The third-order valence-corrected chi connectivity index (χ3v) is 3.75. The Balaban J connectivity index is 2.19. The van der Waals surface area contributed by atoms with E-state index in [1.807, 2.05) is 0 Å². The first-order valence-corrected chi connectivity index (χ1v) is 6.84. The molecule has 1 N–H and O–H groups in total. The van der Waals surface area contributed by atoms with Gasteiger partial charge in [-0.05, 0) is 23.8 Å². The molecule has 2 aromatic rings. The van der Waals surface area contributed by atoms with E-state index in [2.05, 4.69) is 21.2 Å². The van der Waals surface area contributed by atoms with Gasteiger partial charge < -0.3 is 5.32 Å². The molecule has 0 radical (unpaired) electrons. The molecule has 1 nitrogen and oxygen atoms in total. The molecule has 0 heterocycles. The van der Waals surface area contributed by atoms with Gasteiger partial charge in [0.1, 0.15) is 5.82 Å². The quantitative estimate of drug-likeness (QED) is 0.740. The van der Waals surface area contributed by atoms with Gasteiger partial charge in [0, 0.05) is 22.1 Å². The third-order valence-electron chi connectivity index (χ3n) is 2.48. The predicted octanol–water partition coefficient (Wildman–Crippen LogP) is 5.65. The Kier molecular flexibility index (Phi) is 4.66. The van der Waals surface area contributed by atoms with Crippen molar-refractivity contribution in [2.24, 2.45) is 0 Å². The molecule has 0 saturated carbocycles. The van der Waals surface area contributed by atoms with Crippen molar-refractivity contribution in [2.75, 3.05) is 5.32 Å². The summed E-state index contributed by atoms with van der Waals surface area (Å²) in [6.07, 6.45) is 0. The second-order valence-corrected chi connectivity index (χ2v) is 5.53. The van der Waals surface area contributed by atoms with Crippen LogP contribution >= 0.6 is 39.1 Å². The largest absolute Gasteiger partial charge is 0.377 e. The minimum Gasteiger partial charge on any atom is -0.377 e. The molecule has 6 heteroatoms. The maximum Gasteiger partial charge on any atom is 0.150 e. The van der Waals surface area contributed by atoms with Gasteiger partial charge in [0.25, 0.3) is 0 Å². The summed E-state index contributed by atoms with van der Waals surface area (Å²) >= 11 is 15.0. The maximum absolute atomic E-state index is 13.6. The number of nitrogens with one attached hydrogen (secondary N) is 1. The van der Waals surface area contributed by atoms with E-state index in [1.54, 1.807) is 18.2 Å². The van der Waals surface area contributed by atoms with Crippen molar-refractivity contribution in [1.82, 2.24) is 0 Å². The molecule has 0 fully saturated rings. The Hall–Kier alpha value is -0.840. The summed E-state index contributed by atoms with van der Waals surface area (Å²) in [6, 6.07) is 7.11. The second kappa shape index (κ2) is 6.07. The van der Waals surface area contributed by atoms with Gasteiger partial charge in [-0.25, -0.2) is 8.78 Å². The Labute approximate surface area is 127 Å². The summed E-state index contributed by atoms with van der Waals surface area (Å²) in [5.74, 6) is -1.43. The number of anilines is 1. The Morgan fingerprint density at radius 3 is 2.47 bits per heavy atom. The van der Waals surface area contributed by atoms with Crippen LogP contribution in [0.15, 0.2) is 34.8 Å². The van der Waals surface area contributed by atoms with E-state index >= 15 is 0 Å². The first-order valence-electron chi connectivity index (χ1n) is 5.29. The average Bonchev–Trinajstić information content (AvgIpc) is 2.30. The Morgan fingerprint density at radius 2 is 1.84 bits per heavy atom. The van der Waals surface area contributed by atoms with Crippen LogP contribution in [0.4, 0.5) is 14.5 Å². The smallest absolute Gasteiger partial charge is 0.150 e. The molecule has 0 amide bonds. The van der Waals surface area contributed by atoms with Gasteiger partial charge in [0.2, 0.25) is 0 Å². The molecule has 0 aliphatic carbocycles. The molecule has 0 atom stereocenters. The molecule has 2 aromatic carbocycles. The minimum absolute atomic E-state index is 0.00239. The number of rotatable bonds is 3. The maximum atomic E-state index is 13.6. The van der Waals surface area contributed by atoms with Crippen molar-refractivity contribution < 1.29 is 8.78 Å². The van der Waals surface area contributed by atoms with Gasteiger partial charge in [-0.2, -0.15) is 0 Å². The summed E-state index contributed by atoms with van der Waals surface area (Å²) in [6.45, 7) is 0.333. The van der Waals surface area contributed by atoms with Gasteiger partial charge in [-0.3, -0.25) is 0 Å². The highest BCUT2D eigenvalue weighted by Gasteiger charge is 2.10. The van der Waals surface area contributed by atoms with Crippen molar-refractivity contribution in [3.8, 4) is 0 Å². The third kappa shape index (κ3) is 3.59. The molecule has 100 valence electrons. The summed E-state index contributed by atoms with van der Waals surface area (Å²) in [5, 5.41) is 3.44. The van der Waals surface area contributed by atoms with Crippen LogP contribution in [-0.2, 0) is 6.54 Å². The highest BCUT2D eigenvalue weighted by molar-refractivity contribution is 9.10. The van der Waals surface area contributed by atoms with Gasteiger partial charge in [0.05, 0.1) is 10.7 Å². The highest BCUT2D eigenvalue weighted by Crippen LogP contribution is 2.28. The number of halogens is 5. The second-order valence-electron chi connectivity index (χ2n) is 3.83. The molecule has 0 aliphatic rings. The van der Waals surface area contributed by atoms with E-state index in [4.69, 9.17) is 23.2 Å². The van der Waals surface area contributed by atoms with Gasteiger partial charge >= 0.3 is 0 Å². The molecule has 19 heavy (non-hydrogen) atoms. The lowest BCUT2D eigenvalue weighted by molar-refractivity contribution is 0.585. The van der Waals surface area contributed by atoms with E-state index in [9.17, 15) is 8.78 Å². The lowest BCUT2D eigenvalue weighted by Gasteiger charge is -2.11. The fraction of sp³-hybridized carbons (Fsp3) is 0.0769. The minimum atomic E-state index is -0.727. The van der Waals surface area contributed by atoms with Gasteiger partial charge in [-0.15, -0.1) is 0 Å². The van der Waals surface area contributed by atoms with Crippen LogP contribution in [0.5, 0.6) is 0 Å². The van der Waals surface area contributed by atoms with Crippen molar-refractivity contribution in [3.63, 3.8) is 0 Å². The zero-order valence-electron chi connectivity index (χ0n) is 9.48. The van der Waals surface area contributed by atoms with Crippen molar-refractivity contribution in [2.45, 2.75) is 6.54 Å². The van der Waals surface area contributed by atoms with E-state index in [-0.39, 0.29) is 10.7 Å². The van der Waals surface area contributed by atoms with Crippen LogP contribution in [0.25, 0.3) is 0 Å². The van der Waals surface area contributed by atoms with Crippen molar-refractivity contribution in [1.29, 1.82) is 0 Å². The van der Waals surface area contributed by atoms with Crippen LogP contribution in [0.3, 0.4) is 0 Å². The summed E-state index contributed by atoms with van der Waals surface area (Å²) in [7, 11) is 0. The van der Waals surface area contributed by atoms with Gasteiger partial charge in [-0.1, -0.05) is 45.2 Å². The molecular formula is C13H8BrCl2F2N. The molecule has 0 aliphatic heterocycles. The van der Waals surface area contributed by atoms with E-state index in [0.29, 0.717) is 11.6 Å². The molecular weight excluding hydrogens is 359 g/mol. The summed E-state index contributed by atoms with van der Waals surface area (Å²) in [4.78, 5) is 0. The van der Waals surface area contributed by atoms with Crippen LogP contribution in [-0.4, -0.2) is 0 Å². The fourth-order valence-electron chi connectivity index (χ4n) is 1.56. The van der Waals surface area contributed by atoms with Crippen LogP contribution in [0.1, 0.15) is 5.56 Å². The molecule has 0 bridgehead atoms. The Morgan fingerprint density at radius 1 is 1.11 bits per heavy atom. The number of hydrogen-bond donors (Lipinski definition) is 1. The highest BCUT2D eigenvalue weighted by atomic mass is 79.9. The standard InChI is InChI=1S/C13H8BrCl2F2N/c14-10-3-8(15)2-1-7(10)6-19-13-11(16)4-9(17)5-12(13)18/h1-5,19H,6H2. The average molecular weight is 367 g/mol. The number of benzene rings is 2. The summed E-state index contributed by atoms with van der Waals surface area (Å²) in [5.41, 5.74) is 0.953. The topological polar surface area (TPSA) is 12.0 Å². The molecule has 2 rings (SSSR count). The van der Waals surface area contributed by atoms with Gasteiger partial charge in [0.15, 0.2) is 5.82 Å². The van der Waals surface area contributed by atoms with E-state index < -0.39 is 11.6 Å². The first kappa shape index (κ1) is 14.6. The Bertz CT molecular complexity index is 597. The van der Waals surface area contributed by atoms with Crippen molar-refractivity contribution in [3.05, 3.63) is 62.0 Å². The van der Waals surface area contributed by atoms with Crippen LogP contribution in [0.2, 0.25) is 10.0 Å². The van der Waals surface area contributed by atoms with Crippen LogP contribution in [0, 0.1) is 11.6 Å². The summed E-state index contributed by atoms with van der Waals surface area (Å²) < 4.78 is 27.3. The SMILES string of the molecule is Fc1cc(F)c(NCc2ccc(Cl)cc2Br)c(Cl)c1. The predicted molar refractivity (Wildman–Crippen MR) is 77.8 cm³/mol. The van der Waals surface area contributed by atoms with E-state index in [0.717, 1.165) is 22.2 Å². The lowest BCUT2D eigenvalue weighted by atomic mass is 10.2. The molecule has 0 saturated heterocycles. The van der Waals surface area contributed by atoms with E-state index in [1.165, 1.54) is 0 Å². The van der Waals surface area contributed by atoms with Crippen LogP contribution < -0.4 is 5.32 Å². The normalized spacial score (nSPS) is 10.6. The molecule has 0 aromatic heterocycles. The molecule has 0 spiro atoms. The zero-order valence-corrected chi connectivity index (χ0v) is 12.6. The lowest BCUT2D eigenvalue weighted by Crippen LogP contribution is -2.03. The zero-order chi connectivity index (χ0) is 14.0. The fourth-order valence-corrected chi connectivity index (χ4v) is 2.64. The van der Waals surface area contributed by atoms with Crippen molar-refractivity contribution >= 4 is 44.8 Å². The monoisotopic (exact) mass is 365 g/mol.